The van der Waals surface area contributed by atoms with E-state index in [4.69, 9.17) is 34.7 Å². The van der Waals surface area contributed by atoms with Crippen LogP contribution in [0.15, 0.2) is 65.8 Å². The van der Waals surface area contributed by atoms with Gasteiger partial charge in [0.15, 0.2) is 0 Å². The van der Waals surface area contributed by atoms with Gasteiger partial charge in [-0.2, -0.15) is 0 Å². The van der Waals surface area contributed by atoms with E-state index in [1.807, 2.05) is 16.8 Å². The zero-order chi connectivity index (χ0) is 26.5. The number of allylic oxidation sites excluding steroid dienone is 1. The van der Waals surface area contributed by atoms with Crippen LogP contribution in [0.1, 0.15) is 15.9 Å². The second-order valence-electron chi connectivity index (χ2n) is 9.11. The van der Waals surface area contributed by atoms with Gasteiger partial charge in [0.2, 0.25) is 0 Å². The normalized spacial score (nSPS) is 17.0. The van der Waals surface area contributed by atoms with E-state index in [0.717, 1.165) is 18.7 Å². The predicted octanol–water partition coefficient (Wildman–Crippen LogP) is 2.40. The summed E-state index contributed by atoms with van der Waals surface area (Å²) in [6.07, 6.45) is 1.54. The Labute approximate surface area is 226 Å². The lowest BCUT2D eigenvalue weighted by molar-refractivity contribution is -0.112. The molecule has 4 rings (SSSR count). The molecule has 0 atom stereocenters. The summed E-state index contributed by atoms with van der Waals surface area (Å²) < 4.78 is 0. The summed E-state index contributed by atoms with van der Waals surface area (Å²) in [6, 6.07) is 12.1. The van der Waals surface area contributed by atoms with Crippen molar-refractivity contribution in [1.29, 1.82) is 0 Å². The van der Waals surface area contributed by atoms with Gasteiger partial charge in [-0.05, 0) is 55.1 Å². The van der Waals surface area contributed by atoms with Crippen molar-refractivity contribution in [3.63, 3.8) is 0 Å². The number of anilines is 1. The summed E-state index contributed by atoms with van der Waals surface area (Å²) in [6.45, 7) is 4.70. The third-order valence-electron chi connectivity index (χ3n) is 6.40. The molecule has 0 spiro atoms. The Morgan fingerprint density at radius 3 is 2.59 bits per heavy atom. The second kappa shape index (κ2) is 11.8. The number of likely N-dealkylation sites (N-methyl/N-ethyl adjacent to an activating group) is 1. The van der Waals surface area contributed by atoms with Crippen LogP contribution in [0.4, 0.5) is 5.69 Å². The van der Waals surface area contributed by atoms with Crippen molar-refractivity contribution >= 4 is 40.7 Å². The number of hydrogen-bond acceptors (Lipinski definition) is 7. The molecule has 2 amide bonds. The van der Waals surface area contributed by atoms with Gasteiger partial charge in [0.05, 0.1) is 11.4 Å². The van der Waals surface area contributed by atoms with Crippen molar-refractivity contribution in [2.75, 3.05) is 51.6 Å². The average molecular weight is 544 g/mol. The number of hydrogen-bond donors (Lipinski definition) is 4. The number of benzene rings is 2. The van der Waals surface area contributed by atoms with Gasteiger partial charge in [-0.3, -0.25) is 9.59 Å². The first-order chi connectivity index (χ1) is 17.7. The average Bonchev–Trinajstić information content (AvgIpc) is 2.88. The summed E-state index contributed by atoms with van der Waals surface area (Å²) in [5.74, 6) is -0.162. The Morgan fingerprint density at radius 2 is 1.84 bits per heavy atom. The van der Waals surface area contributed by atoms with E-state index in [9.17, 15) is 9.59 Å². The van der Waals surface area contributed by atoms with Gasteiger partial charge < -0.3 is 36.8 Å². The first-order valence-corrected chi connectivity index (χ1v) is 12.8. The molecule has 37 heavy (non-hydrogen) atoms. The van der Waals surface area contributed by atoms with E-state index in [0.29, 0.717) is 65.5 Å². The van der Waals surface area contributed by atoms with Crippen LogP contribution in [0, 0.1) is 0 Å². The first kappa shape index (κ1) is 26.7. The molecule has 2 aliphatic heterocycles. The molecule has 2 aliphatic rings. The van der Waals surface area contributed by atoms with Crippen molar-refractivity contribution in [1.82, 2.24) is 20.0 Å². The Kier molecular flexibility index (Phi) is 8.48. The van der Waals surface area contributed by atoms with Crippen LogP contribution in [0.3, 0.4) is 0 Å². The van der Waals surface area contributed by atoms with Crippen molar-refractivity contribution in [2.24, 2.45) is 11.5 Å². The summed E-state index contributed by atoms with van der Waals surface area (Å²) >= 11 is 12.5. The number of carbonyl (C=O) groups excluding carboxylic acids is 2. The number of nitrogens with one attached hydrogen (secondary N) is 2. The lowest BCUT2D eigenvalue weighted by Gasteiger charge is -2.32. The molecule has 2 aromatic carbocycles. The zero-order valence-electron chi connectivity index (χ0n) is 20.6. The molecular weight excluding hydrogens is 513 g/mol. The van der Waals surface area contributed by atoms with Gasteiger partial charge in [0.1, 0.15) is 5.82 Å². The highest BCUT2D eigenvalue weighted by molar-refractivity contribution is 6.33. The standard InChI is InChI=1S/C26H31Cl2N7O2/c1-33-9-11-34(12-10-33)26(37)17-3-2-4-20(14-17)32-25(36)22(29)15-23-24(30)31-7-8-35(23)16-18-13-19(27)5-6-21(18)28/h2-6,13-15,31H,7-12,16,29-30H2,1H3,(H,32,36). The summed E-state index contributed by atoms with van der Waals surface area (Å²) in [4.78, 5) is 31.8. The maximum absolute atomic E-state index is 12.9. The van der Waals surface area contributed by atoms with Crippen LogP contribution in [-0.4, -0.2) is 72.8 Å². The predicted molar refractivity (Wildman–Crippen MR) is 147 cm³/mol. The fraction of sp³-hybridized carbons (Fsp3) is 0.308. The molecule has 2 heterocycles. The van der Waals surface area contributed by atoms with Gasteiger partial charge in [-0.25, -0.2) is 0 Å². The highest BCUT2D eigenvalue weighted by Crippen LogP contribution is 2.25. The summed E-state index contributed by atoms with van der Waals surface area (Å²) in [5, 5.41) is 7.05. The SMILES string of the molecule is CN1CCN(C(=O)c2cccc(NC(=O)C(N)=CC3=C(N)NCCN3Cc3cc(Cl)ccc3Cl)c2)CC1. The quantitative estimate of drug-likeness (QED) is 0.413. The summed E-state index contributed by atoms with van der Waals surface area (Å²) in [5.41, 5.74) is 14.8. The molecule has 2 aromatic rings. The van der Waals surface area contributed by atoms with Gasteiger partial charge in [0, 0.05) is 67.1 Å². The van der Waals surface area contributed by atoms with E-state index < -0.39 is 5.91 Å². The van der Waals surface area contributed by atoms with Crippen LogP contribution in [0.25, 0.3) is 0 Å². The molecule has 11 heteroatoms. The molecule has 9 nitrogen and oxygen atoms in total. The zero-order valence-corrected chi connectivity index (χ0v) is 22.1. The smallest absolute Gasteiger partial charge is 0.271 e. The largest absolute Gasteiger partial charge is 0.394 e. The van der Waals surface area contributed by atoms with E-state index in [2.05, 4.69) is 15.5 Å². The monoisotopic (exact) mass is 543 g/mol. The Hall–Kier alpha value is -3.40. The number of nitrogens with two attached hydrogens (primary N) is 2. The molecule has 0 saturated carbocycles. The van der Waals surface area contributed by atoms with Crippen LogP contribution in [-0.2, 0) is 11.3 Å². The molecule has 0 aromatic heterocycles. The fourth-order valence-corrected chi connectivity index (χ4v) is 4.62. The van der Waals surface area contributed by atoms with Crippen LogP contribution < -0.4 is 22.1 Å². The molecule has 1 fully saturated rings. The topological polar surface area (TPSA) is 120 Å². The number of halogens is 2. The van der Waals surface area contributed by atoms with Crippen LogP contribution in [0.2, 0.25) is 10.0 Å². The van der Waals surface area contributed by atoms with Crippen LogP contribution in [0.5, 0.6) is 0 Å². The second-order valence-corrected chi connectivity index (χ2v) is 9.96. The van der Waals surface area contributed by atoms with E-state index in [1.165, 1.54) is 6.08 Å². The molecule has 0 aliphatic carbocycles. The fourth-order valence-electron chi connectivity index (χ4n) is 4.25. The number of nitrogens with zero attached hydrogens (tertiary/aromatic N) is 3. The van der Waals surface area contributed by atoms with Crippen LogP contribution >= 0.6 is 23.2 Å². The number of carbonyl (C=O) groups is 2. The van der Waals surface area contributed by atoms with Gasteiger partial charge in [0.25, 0.3) is 11.8 Å². The van der Waals surface area contributed by atoms with Gasteiger partial charge >= 0.3 is 0 Å². The van der Waals surface area contributed by atoms with E-state index >= 15 is 0 Å². The molecule has 196 valence electrons. The van der Waals surface area contributed by atoms with Gasteiger partial charge in [-0.1, -0.05) is 29.3 Å². The van der Waals surface area contributed by atoms with Gasteiger partial charge in [-0.15, -0.1) is 0 Å². The maximum Gasteiger partial charge on any atom is 0.271 e. The molecule has 0 radical (unpaired) electrons. The molecular formula is C26H31Cl2N7O2. The Bertz CT molecular complexity index is 1240. The Balaban J connectivity index is 1.47. The van der Waals surface area contributed by atoms with Crippen molar-refractivity contribution in [2.45, 2.75) is 6.54 Å². The van der Waals surface area contributed by atoms with Crippen molar-refractivity contribution < 1.29 is 9.59 Å². The third-order valence-corrected chi connectivity index (χ3v) is 7.00. The van der Waals surface area contributed by atoms with E-state index in [-0.39, 0.29) is 11.6 Å². The number of amides is 2. The van der Waals surface area contributed by atoms with Crippen molar-refractivity contribution in [3.8, 4) is 0 Å². The minimum absolute atomic E-state index is 0.0281. The van der Waals surface area contributed by atoms with Crippen molar-refractivity contribution in [3.05, 3.63) is 86.9 Å². The Morgan fingerprint density at radius 1 is 1.08 bits per heavy atom. The lowest BCUT2D eigenvalue weighted by Crippen LogP contribution is -2.47. The minimum atomic E-state index is -0.504. The molecule has 1 saturated heterocycles. The molecule has 0 bridgehead atoms. The third kappa shape index (κ3) is 6.68. The highest BCUT2D eigenvalue weighted by Gasteiger charge is 2.22. The number of rotatable bonds is 6. The molecule has 0 unspecified atom stereocenters. The molecule has 6 N–H and O–H groups in total. The summed E-state index contributed by atoms with van der Waals surface area (Å²) in [7, 11) is 2.04. The number of piperazine rings is 1. The minimum Gasteiger partial charge on any atom is -0.394 e. The highest BCUT2D eigenvalue weighted by atomic mass is 35.5. The van der Waals surface area contributed by atoms with E-state index in [1.54, 1.807) is 42.5 Å². The lowest BCUT2D eigenvalue weighted by atomic mass is 10.1. The maximum atomic E-state index is 12.9. The first-order valence-electron chi connectivity index (χ1n) is 12.0.